The number of amides is 2. The zero-order chi connectivity index (χ0) is 27.1. The average molecular weight is 543 g/mol. The van der Waals surface area contributed by atoms with Crippen LogP contribution < -0.4 is 19.7 Å². The number of pyridine rings is 1. The fourth-order valence-electron chi connectivity index (χ4n) is 5.53. The van der Waals surface area contributed by atoms with Crippen LogP contribution in [0.5, 0.6) is 5.75 Å². The van der Waals surface area contributed by atoms with Crippen molar-refractivity contribution in [1.82, 2.24) is 15.0 Å². The number of benzene rings is 1. The number of aryl methyl sites for hydroxylation is 1. The summed E-state index contributed by atoms with van der Waals surface area (Å²) in [5, 5.41) is 11.2. The third-order valence-electron chi connectivity index (χ3n) is 7.73. The second-order valence-corrected chi connectivity index (χ2v) is 12.7. The third kappa shape index (κ3) is 5.29. The summed E-state index contributed by atoms with van der Waals surface area (Å²) in [6, 6.07) is 10.6. The molecule has 3 aliphatic rings. The summed E-state index contributed by atoms with van der Waals surface area (Å²) < 4.78 is 34.8. The van der Waals surface area contributed by atoms with Crippen LogP contribution in [-0.4, -0.2) is 54.7 Å². The Balaban J connectivity index is 1.29. The Morgan fingerprint density at radius 1 is 1.08 bits per heavy atom. The van der Waals surface area contributed by atoms with E-state index in [9.17, 15) is 18.0 Å². The number of nitrogens with zero attached hydrogens (tertiary/aromatic N) is 2. The number of nitrogens with one attached hydrogen (secondary N) is 2. The van der Waals surface area contributed by atoms with Gasteiger partial charge in [-0.05, 0) is 55.9 Å². The lowest BCUT2D eigenvalue weighted by Crippen LogP contribution is -2.68. The van der Waals surface area contributed by atoms with E-state index >= 15 is 0 Å². The molecule has 2 aliphatic carbocycles. The molecule has 0 bridgehead atoms. The highest BCUT2D eigenvalue weighted by molar-refractivity contribution is 7.90. The summed E-state index contributed by atoms with van der Waals surface area (Å²) in [7, 11) is -4.25. The third-order valence-corrected chi connectivity index (χ3v) is 8.96. The second-order valence-electron chi connectivity index (χ2n) is 11.0. The first kappa shape index (κ1) is 26.3. The van der Waals surface area contributed by atoms with Crippen molar-refractivity contribution in [3.63, 3.8) is 0 Å². The van der Waals surface area contributed by atoms with Gasteiger partial charge < -0.3 is 20.1 Å². The van der Waals surface area contributed by atoms with Crippen molar-refractivity contribution in [2.75, 3.05) is 18.0 Å². The molecule has 38 heavy (non-hydrogen) atoms. The van der Waals surface area contributed by atoms with Crippen LogP contribution in [-0.2, 0) is 14.8 Å². The standard InChI is InChI=1S/C27H34N4O6S/c1-18-8-6-11-20(19-9-4-3-5-10-19)23(18)37-27(14-15-27)24(32)30-38(35,36)22-13-7-12-21(28-22)31-16-26(2,17-31)29-25(33)34/h6-8,11-13,19,29H,3-5,9-10,14-17H2,1-2H3,(H,30,32)(H,33,34). The predicted molar refractivity (Wildman–Crippen MR) is 141 cm³/mol. The number of rotatable bonds is 8. The molecule has 0 spiro atoms. The number of carboxylic acid groups (broad SMARTS) is 1. The Bertz CT molecular complexity index is 1350. The van der Waals surface area contributed by atoms with Gasteiger partial charge in [-0.1, -0.05) is 43.5 Å². The van der Waals surface area contributed by atoms with Crippen molar-refractivity contribution in [3.05, 3.63) is 47.5 Å². The number of hydrogen-bond acceptors (Lipinski definition) is 7. The van der Waals surface area contributed by atoms with E-state index in [1.807, 2.05) is 19.1 Å². The summed E-state index contributed by atoms with van der Waals surface area (Å²) in [4.78, 5) is 30.3. The van der Waals surface area contributed by atoms with Gasteiger partial charge in [0, 0.05) is 25.9 Å². The fraction of sp³-hybridized carbons (Fsp3) is 0.519. The van der Waals surface area contributed by atoms with Gasteiger partial charge in [-0.25, -0.2) is 14.5 Å². The van der Waals surface area contributed by atoms with Gasteiger partial charge in [0.25, 0.3) is 15.9 Å². The van der Waals surface area contributed by atoms with E-state index in [-0.39, 0.29) is 5.03 Å². The van der Waals surface area contributed by atoms with E-state index in [1.165, 1.54) is 25.3 Å². The summed E-state index contributed by atoms with van der Waals surface area (Å²) in [6.45, 7) is 4.41. The first-order valence-corrected chi connectivity index (χ1v) is 14.6. The average Bonchev–Trinajstić information content (AvgIpc) is 3.65. The fourth-order valence-corrected chi connectivity index (χ4v) is 6.53. The molecule has 10 nitrogen and oxygen atoms in total. The van der Waals surface area contributed by atoms with Crippen LogP contribution in [0.2, 0.25) is 0 Å². The molecule has 2 aromatic rings. The molecule has 1 saturated heterocycles. The predicted octanol–water partition coefficient (Wildman–Crippen LogP) is 3.70. The number of carbonyl (C=O) groups excluding carboxylic acids is 1. The Labute approximate surface area is 222 Å². The quantitative estimate of drug-likeness (QED) is 0.459. The van der Waals surface area contributed by atoms with Crippen LogP contribution in [0.1, 0.15) is 68.9 Å². The number of anilines is 1. The van der Waals surface area contributed by atoms with Crippen molar-refractivity contribution in [2.24, 2.45) is 0 Å². The van der Waals surface area contributed by atoms with E-state index in [4.69, 9.17) is 9.84 Å². The molecule has 5 rings (SSSR count). The Kier molecular flexibility index (Phi) is 6.75. The number of ether oxygens (including phenoxy) is 1. The highest BCUT2D eigenvalue weighted by atomic mass is 32.2. The maximum absolute atomic E-state index is 13.3. The monoisotopic (exact) mass is 542 g/mol. The molecule has 2 heterocycles. The first-order valence-electron chi connectivity index (χ1n) is 13.1. The largest absolute Gasteiger partial charge is 0.477 e. The summed E-state index contributed by atoms with van der Waals surface area (Å²) in [5.41, 5.74) is 0.170. The van der Waals surface area contributed by atoms with Gasteiger partial charge in [-0.2, -0.15) is 8.42 Å². The minimum atomic E-state index is -4.25. The highest BCUT2D eigenvalue weighted by Gasteiger charge is 2.55. The molecule has 2 saturated carbocycles. The van der Waals surface area contributed by atoms with E-state index in [0.29, 0.717) is 43.4 Å². The lowest BCUT2D eigenvalue weighted by atomic mass is 9.83. The minimum Gasteiger partial charge on any atom is -0.477 e. The zero-order valence-corrected chi connectivity index (χ0v) is 22.5. The van der Waals surface area contributed by atoms with Crippen molar-refractivity contribution in [2.45, 2.75) is 80.9 Å². The number of sulfonamides is 1. The maximum atomic E-state index is 13.3. The molecule has 3 fully saturated rings. The first-order chi connectivity index (χ1) is 18.0. The molecule has 3 N–H and O–H groups in total. The van der Waals surface area contributed by atoms with Gasteiger partial charge in [-0.3, -0.25) is 4.79 Å². The van der Waals surface area contributed by atoms with Crippen LogP contribution in [0.3, 0.4) is 0 Å². The molecule has 1 aromatic heterocycles. The summed E-state index contributed by atoms with van der Waals surface area (Å²) in [6.07, 6.45) is 5.48. The summed E-state index contributed by atoms with van der Waals surface area (Å²) >= 11 is 0. The van der Waals surface area contributed by atoms with E-state index in [1.54, 1.807) is 24.0 Å². The smallest absolute Gasteiger partial charge is 0.405 e. The normalized spacial score (nSPS) is 20.2. The van der Waals surface area contributed by atoms with Gasteiger partial charge >= 0.3 is 6.09 Å². The van der Waals surface area contributed by atoms with E-state index in [2.05, 4.69) is 21.1 Å². The molecule has 11 heteroatoms. The van der Waals surface area contributed by atoms with Crippen molar-refractivity contribution in [3.8, 4) is 5.75 Å². The molecule has 2 amide bonds. The molecule has 0 atom stereocenters. The SMILES string of the molecule is Cc1cccc(C2CCCCC2)c1OC1(C(=O)NS(=O)(=O)c2cccc(N3CC(C)(NC(=O)O)C3)n2)CC1. The molecule has 0 unspecified atom stereocenters. The number of aromatic nitrogens is 1. The van der Waals surface area contributed by atoms with Gasteiger partial charge in [0.2, 0.25) is 0 Å². The molecular formula is C27H34N4O6S. The van der Waals surface area contributed by atoms with Crippen LogP contribution in [0.4, 0.5) is 10.6 Å². The molecule has 1 aliphatic heterocycles. The van der Waals surface area contributed by atoms with E-state index < -0.39 is 33.2 Å². The number of carbonyl (C=O) groups is 2. The molecular weight excluding hydrogens is 508 g/mol. The lowest BCUT2D eigenvalue weighted by Gasteiger charge is -2.48. The Morgan fingerprint density at radius 2 is 1.76 bits per heavy atom. The van der Waals surface area contributed by atoms with Crippen LogP contribution in [0.25, 0.3) is 0 Å². The van der Waals surface area contributed by atoms with Gasteiger partial charge in [0.1, 0.15) is 11.6 Å². The van der Waals surface area contributed by atoms with Crippen molar-refractivity contribution >= 4 is 27.8 Å². The van der Waals surface area contributed by atoms with Gasteiger partial charge in [0.15, 0.2) is 10.6 Å². The topological polar surface area (TPSA) is 138 Å². The summed E-state index contributed by atoms with van der Waals surface area (Å²) in [5.74, 6) is 0.770. The van der Waals surface area contributed by atoms with Crippen LogP contribution in [0, 0.1) is 6.92 Å². The number of para-hydroxylation sites is 1. The maximum Gasteiger partial charge on any atom is 0.405 e. The van der Waals surface area contributed by atoms with Gasteiger partial charge in [0.05, 0.1) is 5.54 Å². The van der Waals surface area contributed by atoms with Crippen LogP contribution in [0.15, 0.2) is 41.4 Å². The van der Waals surface area contributed by atoms with Crippen molar-refractivity contribution < 1.29 is 27.9 Å². The second kappa shape index (κ2) is 9.76. The van der Waals surface area contributed by atoms with E-state index in [0.717, 1.165) is 24.0 Å². The zero-order valence-electron chi connectivity index (χ0n) is 21.7. The van der Waals surface area contributed by atoms with Gasteiger partial charge in [-0.15, -0.1) is 0 Å². The highest BCUT2D eigenvalue weighted by Crippen LogP contribution is 2.46. The molecule has 204 valence electrons. The Hall–Kier alpha value is -3.34. The number of hydrogen-bond donors (Lipinski definition) is 3. The Morgan fingerprint density at radius 3 is 2.42 bits per heavy atom. The molecule has 0 radical (unpaired) electrons. The minimum absolute atomic E-state index is 0.280. The van der Waals surface area contributed by atoms with Crippen molar-refractivity contribution in [1.29, 1.82) is 0 Å². The van der Waals surface area contributed by atoms with Crippen LogP contribution >= 0.6 is 0 Å². The lowest BCUT2D eigenvalue weighted by molar-refractivity contribution is -0.128. The molecule has 1 aromatic carbocycles.